The van der Waals surface area contributed by atoms with Crippen molar-refractivity contribution in [1.82, 2.24) is 9.80 Å². The molecule has 5 nitrogen and oxygen atoms in total. The first kappa shape index (κ1) is 10.9. The summed E-state index contributed by atoms with van der Waals surface area (Å²) < 4.78 is 0. The molecule has 1 spiro atoms. The third-order valence-corrected chi connectivity index (χ3v) is 4.39. The fraction of sp³-hybridized carbons (Fsp3) is 0.833. The Morgan fingerprint density at radius 1 is 1.06 bits per heavy atom. The highest BCUT2D eigenvalue weighted by Crippen LogP contribution is 2.41. The summed E-state index contributed by atoms with van der Waals surface area (Å²) in [5, 5.41) is 8.83. The Balaban J connectivity index is 1.51. The third-order valence-electron chi connectivity index (χ3n) is 4.39. The molecule has 2 amide bonds. The molecule has 17 heavy (non-hydrogen) atoms. The van der Waals surface area contributed by atoms with Crippen LogP contribution in [0.5, 0.6) is 0 Å². The number of rotatable bonds is 1. The van der Waals surface area contributed by atoms with Gasteiger partial charge < -0.3 is 14.9 Å². The van der Waals surface area contributed by atoms with Gasteiger partial charge in [0, 0.05) is 37.5 Å². The van der Waals surface area contributed by atoms with E-state index < -0.39 is 6.09 Å². The minimum atomic E-state index is -0.813. The summed E-state index contributed by atoms with van der Waals surface area (Å²) in [6, 6.07) is 0. The van der Waals surface area contributed by atoms with Crippen LogP contribution in [0.3, 0.4) is 0 Å². The van der Waals surface area contributed by atoms with Gasteiger partial charge in [-0.3, -0.25) is 4.79 Å². The van der Waals surface area contributed by atoms with Crippen LogP contribution < -0.4 is 0 Å². The number of carboxylic acid groups (broad SMARTS) is 1. The van der Waals surface area contributed by atoms with Gasteiger partial charge in [-0.25, -0.2) is 4.79 Å². The lowest BCUT2D eigenvalue weighted by molar-refractivity contribution is -0.137. The van der Waals surface area contributed by atoms with E-state index in [1.54, 1.807) is 0 Å². The molecule has 0 atom stereocenters. The van der Waals surface area contributed by atoms with Crippen LogP contribution in [0, 0.1) is 11.3 Å². The first-order chi connectivity index (χ1) is 8.10. The molecule has 2 aliphatic heterocycles. The standard InChI is InChI=1S/C12H18N2O3/c15-10(9-1-2-9)13-5-3-12(4-6-13)7-14(8-12)11(16)17/h9H,1-8H2,(H,16,17). The number of carbonyl (C=O) groups is 2. The van der Waals surface area contributed by atoms with E-state index in [0.717, 1.165) is 38.8 Å². The van der Waals surface area contributed by atoms with Crippen molar-refractivity contribution in [3.05, 3.63) is 0 Å². The normalized spacial score (nSPS) is 26.8. The second-order valence-corrected chi connectivity index (χ2v) is 5.74. The van der Waals surface area contributed by atoms with Gasteiger partial charge in [-0.15, -0.1) is 0 Å². The van der Waals surface area contributed by atoms with Crippen molar-refractivity contribution in [1.29, 1.82) is 0 Å². The van der Waals surface area contributed by atoms with Crippen LogP contribution in [-0.4, -0.2) is 53.1 Å². The monoisotopic (exact) mass is 238 g/mol. The minimum absolute atomic E-state index is 0.179. The van der Waals surface area contributed by atoms with Crippen LogP contribution in [0.25, 0.3) is 0 Å². The molecule has 0 aromatic carbocycles. The zero-order chi connectivity index (χ0) is 12.0. The van der Waals surface area contributed by atoms with E-state index in [9.17, 15) is 9.59 Å². The van der Waals surface area contributed by atoms with Crippen LogP contribution in [0.2, 0.25) is 0 Å². The molecule has 94 valence electrons. The van der Waals surface area contributed by atoms with Crippen molar-refractivity contribution >= 4 is 12.0 Å². The Morgan fingerprint density at radius 2 is 1.65 bits per heavy atom. The highest BCUT2D eigenvalue weighted by molar-refractivity contribution is 5.81. The lowest BCUT2D eigenvalue weighted by Gasteiger charge is -2.52. The maximum Gasteiger partial charge on any atom is 0.407 e. The molecular weight excluding hydrogens is 220 g/mol. The van der Waals surface area contributed by atoms with Gasteiger partial charge in [0.25, 0.3) is 0 Å². The van der Waals surface area contributed by atoms with Crippen LogP contribution >= 0.6 is 0 Å². The van der Waals surface area contributed by atoms with Crippen LogP contribution in [0.15, 0.2) is 0 Å². The van der Waals surface area contributed by atoms with Crippen LogP contribution in [0.4, 0.5) is 4.79 Å². The van der Waals surface area contributed by atoms with Crippen molar-refractivity contribution < 1.29 is 14.7 Å². The summed E-state index contributed by atoms with van der Waals surface area (Å²) in [5.41, 5.74) is 0.179. The summed E-state index contributed by atoms with van der Waals surface area (Å²) in [4.78, 5) is 26.1. The van der Waals surface area contributed by atoms with Crippen molar-refractivity contribution in [2.24, 2.45) is 11.3 Å². The van der Waals surface area contributed by atoms with E-state index in [1.165, 1.54) is 4.90 Å². The predicted octanol–water partition coefficient (Wildman–Crippen LogP) is 0.999. The van der Waals surface area contributed by atoms with E-state index in [-0.39, 0.29) is 5.41 Å². The summed E-state index contributed by atoms with van der Waals surface area (Å²) in [6.07, 6.45) is 3.25. The Kier molecular flexibility index (Phi) is 2.31. The number of nitrogens with zero attached hydrogens (tertiary/aromatic N) is 2. The van der Waals surface area contributed by atoms with Crippen molar-refractivity contribution in [3.8, 4) is 0 Å². The van der Waals surface area contributed by atoms with Crippen molar-refractivity contribution in [3.63, 3.8) is 0 Å². The van der Waals surface area contributed by atoms with Gasteiger partial charge in [0.1, 0.15) is 0 Å². The van der Waals surface area contributed by atoms with E-state index in [2.05, 4.69) is 0 Å². The van der Waals surface area contributed by atoms with Gasteiger partial charge in [0.15, 0.2) is 0 Å². The summed E-state index contributed by atoms with van der Waals surface area (Å²) in [6.45, 7) is 2.97. The molecule has 0 aromatic heterocycles. The van der Waals surface area contributed by atoms with Gasteiger partial charge in [0.05, 0.1) is 0 Å². The van der Waals surface area contributed by atoms with Crippen LogP contribution in [-0.2, 0) is 4.79 Å². The summed E-state index contributed by atoms with van der Waals surface area (Å²) >= 11 is 0. The molecule has 3 aliphatic rings. The highest BCUT2D eigenvalue weighted by Gasteiger charge is 2.48. The number of hydrogen-bond acceptors (Lipinski definition) is 2. The Labute approximate surface area is 100 Å². The van der Waals surface area contributed by atoms with Gasteiger partial charge >= 0.3 is 6.09 Å². The molecule has 5 heteroatoms. The molecule has 1 aliphatic carbocycles. The summed E-state index contributed by atoms with van der Waals surface area (Å²) in [7, 11) is 0. The first-order valence-corrected chi connectivity index (χ1v) is 6.36. The zero-order valence-corrected chi connectivity index (χ0v) is 9.89. The molecule has 0 unspecified atom stereocenters. The fourth-order valence-electron chi connectivity index (χ4n) is 3.00. The highest BCUT2D eigenvalue weighted by atomic mass is 16.4. The number of carbonyl (C=O) groups excluding carboxylic acids is 1. The maximum atomic E-state index is 11.9. The molecule has 0 radical (unpaired) electrons. The number of amides is 2. The fourth-order valence-corrected chi connectivity index (χ4v) is 3.00. The average Bonchev–Trinajstić information content (AvgIpc) is 3.08. The van der Waals surface area contributed by atoms with Crippen molar-refractivity contribution in [2.45, 2.75) is 25.7 Å². The molecule has 1 N–H and O–H groups in total. The smallest absolute Gasteiger partial charge is 0.407 e. The third kappa shape index (κ3) is 1.87. The minimum Gasteiger partial charge on any atom is -0.465 e. The summed E-state index contributed by atoms with van der Waals surface area (Å²) in [5.74, 6) is 0.634. The lowest BCUT2D eigenvalue weighted by atomic mass is 9.72. The molecule has 1 saturated carbocycles. The Hall–Kier alpha value is -1.26. The number of piperidine rings is 1. The topological polar surface area (TPSA) is 60.9 Å². The largest absolute Gasteiger partial charge is 0.465 e. The quantitative estimate of drug-likeness (QED) is 0.741. The second kappa shape index (κ2) is 3.62. The first-order valence-electron chi connectivity index (χ1n) is 6.36. The van der Waals surface area contributed by atoms with Gasteiger partial charge in [-0.2, -0.15) is 0 Å². The predicted molar refractivity (Wildman–Crippen MR) is 60.6 cm³/mol. The van der Waals surface area contributed by atoms with Gasteiger partial charge in [-0.05, 0) is 25.7 Å². The molecule has 0 aromatic rings. The lowest BCUT2D eigenvalue weighted by Crippen LogP contribution is -2.62. The van der Waals surface area contributed by atoms with E-state index in [4.69, 9.17) is 5.11 Å². The van der Waals surface area contributed by atoms with Crippen molar-refractivity contribution in [2.75, 3.05) is 26.2 Å². The molecule has 3 fully saturated rings. The van der Waals surface area contributed by atoms with E-state index in [1.807, 2.05) is 4.90 Å². The Bertz CT molecular complexity index is 349. The SMILES string of the molecule is O=C(O)N1CC2(CCN(C(=O)C3CC3)CC2)C1. The van der Waals surface area contributed by atoms with Gasteiger partial charge in [0.2, 0.25) is 5.91 Å². The van der Waals surface area contributed by atoms with Gasteiger partial charge in [-0.1, -0.05) is 0 Å². The molecule has 3 rings (SSSR count). The molecule has 2 saturated heterocycles. The number of hydrogen-bond donors (Lipinski definition) is 1. The number of likely N-dealkylation sites (tertiary alicyclic amines) is 2. The van der Waals surface area contributed by atoms with E-state index >= 15 is 0 Å². The molecule has 2 heterocycles. The maximum absolute atomic E-state index is 11.9. The Morgan fingerprint density at radius 3 is 2.12 bits per heavy atom. The zero-order valence-electron chi connectivity index (χ0n) is 9.89. The van der Waals surface area contributed by atoms with Crippen LogP contribution in [0.1, 0.15) is 25.7 Å². The van der Waals surface area contributed by atoms with E-state index in [0.29, 0.717) is 24.9 Å². The molecular formula is C12H18N2O3. The average molecular weight is 238 g/mol. The second-order valence-electron chi connectivity index (χ2n) is 5.74. The molecule has 0 bridgehead atoms.